The van der Waals surface area contributed by atoms with Gasteiger partial charge in [-0.1, -0.05) is 36.9 Å². The monoisotopic (exact) mass is 313 g/mol. The molecule has 0 spiro atoms. The second-order valence-electron chi connectivity index (χ2n) is 3.58. The van der Waals surface area contributed by atoms with Crippen molar-refractivity contribution in [1.29, 1.82) is 0 Å². The van der Waals surface area contributed by atoms with E-state index >= 15 is 0 Å². The van der Waals surface area contributed by atoms with Crippen LogP contribution in [0.25, 0.3) is 0 Å². The van der Waals surface area contributed by atoms with Crippen LogP contribution in [0.5, 0.6) is 0 Å². The van der Waals surface area contributed by atoms with Crippen LogP contribution in [0.3, 0.4) is 0 Å². The number of hydrogen-bond acceptors (Lipinski definition) is 1. The summed E-state index contributed by atoms with van der Waals surface area (Å²) in [7, 11) is 0. The SMILES string of the molecule is C#CC(CCC)NC(=O)c1cccc(Br)c1Cl. The summed E-state index contributed by atoms with van der Waals surface area (Å²) in [5, 5.41) is 3.17. The van der Waals surface area contributed by atoms with E-state index in [9.17, 15) is 4.79 Å². The number of benzene rings is 1. The van der Waals surface area contributed by atoms with Crippen LogP contribution >= 0.6 is 27.5 Å². The van der Waals surface area contributed by atoms with Crippen LogP contribution in [0, 0.1) is 12.3 Å². The number of nitrogens with one attached hydrogen (secondary N) is 1. The van der Waals surface area contributed by atoms with Gasteiger partial charge in [0.1, 0.15) is 0 Å². The molecular weight excluding hydrogens is 302 g/mol. The van der Waals surface area contributed by atoms with Crippen molar-refractivity contribution in [3.63, 3.8) is 0 Å². The minimum atomic E-state index is -0.248. The number of carbonyl (C=O) groups excluding carboxylic acids is 1. The first-order valence-electron chi connectivity index (χ1n) is 5.31. The smallest absolute Gasteiger partial charge is 0.253 e. The van der Waals surface area contributed by atoms with E-state index in [1.165, 1.54) is 0 Å². The number of terminal acetylenes is 1. The first-order chi connectivity index (χ1) is 8.10. The molecule has 4 heteroatoms. The second kappa shape index (κ2) is 6.68. The molecule has 0 saturated carbocycles. The zero-order valence-corrected chi connectivity index (χ0v) is 11.8. The number of rotatable bonds is 4. The van der Waals surface area contributed by atoms with E-state index in [0.717, 1.165) is 12.8 Å². The van der Waals surface area contributed by atoms with Crippen molar-refractivity contribution in [2.45, 2.75) is 25.8 Å². The summed E-state index contributed by atoms with van der Waals surface area (Å²) >= 11 is 9.31. The van der Waals surface area contributed by atoms with Gasteiger partial charge in [0.05, 0.1) is 16.6 Å². The maximum Gasteiger partial charge on any atom is 0.253 e. The molecule has 0 aliphatic rings. The Kier molecular flexibility index (Phi) is 5.54. The first kappa shape index (κ1) is 14.1. The highest BCUT2D eigenvalue weighted by atomic mass is 79.9. The number of hydrogen-bond donors (Lipinski definition) is 1. The van der Waals surface area contributed by atoms with E-state index in [1.54, 1.807) is 18.2 Å². The molecule has 1 amide bonds. The minimum Gasteiger partial charge on any atom is -0.338 e. The number of amides is 1. The van der Waals surface area contributed by atoms with Crippen LogP contribution < -0.4 is 5.32 Å². The second-order valence-corrected chi connectivity index (χ2v) is 4.82. The molecular formula is C13H13BrClNO. The van der Waals surface area contributed by atoms with Crippen molar-refractivity contribution >= 4 is 33.4 Å². The van der Waals surface area contributed by atoms with Crippen LogP contribution in [0.15, 0.2) is 22.7 Å². The number of carbonyl (C=O) groups is 1. The van der Waals surface area contributed by atoms with E-state index in [0.29, 0.717) is 15.1 Å². The van der Waals surface area contributed by atoms with Gasteiger partial charge in [-0.3, -0.25) is 4.79 Å². The zero-order valence-electron chi connectivity index (χ0n) is 9.47. The lowest BCUT2D eigenvalue weighted by Gasteiger charge is -2.13. The van der Waals surface area contributed by atoms with Gasteiger partial charge in [-0.05, 0) is 34.5 Å². The standard InChI is InChI=1S/C13H13BrClNO/c1-3-6-9(4-2)16-13(17)10-7-5-8-11(14)12(10)15/h2,5,7-9H,3,6H2,1H3,(H,16,17). The predicted molar refractivity (Wildman–Crippen MR) is 74.1 cm³/mol. The van der Waals surface area contributed by atoms with Crippen LogP contribution in [0.2, 0.25) is 5.02 Å². The Morgan fingerprint density at radius 3 is 2.94 bits per heavy atom. The highest BCUT2D eigenvalue weighted by molar-refractivity contribution is 9.10. The molecule has 0 heterocycles. The topological polar surface area (TPSA) is 29.1 Å². The van der Waals surface area contributed by atoms with Crippen LogP contribution in [0.1, 0.15) is 30.1 Å². The van der Waals surface area contributed by atoms with Gasteiger partial charge < -0.3 is 5.32 Å². The van der Waals surface area contributed by atoms with Gasteiger partial charge in [0.2, 0.25) is 0 Å². The summed E-state index contributed by atoms with van der Waals surface area (Å²) in [5.41, 5.74) is 0.428. The van der Waals surface area contributed by atoms with E-state index in [1.807, 2.05) is 6.92 Å². The Morgan fingerprint density at radius 1 is 1.65 bits per heavy atom. The molecule has 0 radical (unpaired) electrons. The van der Waals surface area contributed by atoms with E-state index < -0.39 is 0 Å². The Labute approximate surface area is 115 Å². The summed E-state index contributed by atoms with van der Waals surface area (Å²) in [6.45, 7) is 2.02. The van der Waals surface area contributed by atoms with Gasteiger partial charge in [0.25, 0.3) is 5.91 Å². The van der Waals surface area contributed by atoms with Gasteiger partial charge in [0.15, 0.2) is 0 Å². The van der Waals surface area contributed by atoms with Crippen molar-refractivity contribution in [3.05, 3.63) is 33.3 Å². The molecule has 90 valence electrons. The summed E-state index contributed by atoms with van der Waals surface area (Å²) < 4.78 is 0.694. The quantitative estimate of drug-likeness (QED) is 0.845. The lowest BCUT2D eigenvalue weighted by molar-refractivity contribution is 0.0944. The molecule has 1 rings (SSSR count). The minimum absolute atomic E-state index is 0.243. The fraction of sp³-hybridized carbons (Fsp3) is 0.308. The van der Waals surface area contributed by atoms with Crippen molar-refractivity contribution in [2.75, 3.05) is 0 Å². The Hall–Kier alpha value is -0.980. The predicted octanol–water partition coefficient (Wildman–Crippen LogP) is 3.63. The molecule has 1 aromatic carbocycles. The molecule has 1 unspecified atom stereocenters. The molecule has 1 atom stereocenters. The van der Waals surface area contributed by atoms with Crippen molar-refractivity contribution in [1.82, 2.24) is 5.32 Å². The van der Waals surface area contributed by atoms with Gasteiger partial charge in [0, 0.05) is 4.47 Å². The summed E-state index contributed by atoms with van der Waals surface area (Å²) in [5.74, 6) is 2.31. The fourth-order valence-corrected chi connectivity index (χ4v) is 1.98. The van der Waals surface area contributed by atoms with E-state index in [2.05, 4.69) is 27.2 Å². The molecule has 1 aromatic rings. The van der Waals surface area contributed by atoms with Gasteiger partial charge >= 0.3 is 0 Å². The van der Waals surface area contributed by atoms with Crippen molar-refractivity contribution in [2.24, 2.45) is 0 Å². The third-order valence-electron chi connectivity index (χ3n) is 2.28. The molecule has 17 heavy (non-hydrogen) atoms. The van der Waals surface area contributed by atoms with Crippen LogP contribution in [-0.4, -0.2) is 11.9 Å². The third kappa shape index (κ3) is 3.76. The zero-order chi connectivity index (χ0) is 12.8. The van der Waals surface area contributed by atoms with Crippen molar-refractivity contribution in [3.8, 4) is 12.3 Å². The summed E-state index contributed by atoms with van der Waals surface area (Å²) in [6.07, 6.45) is 7.02. The molecule has 0 bridgehead atoms. The Balaban J connectivity index is 2.83. The molecule has 2 nitrogen and oxygen atoms in total. The van der Waals surface area contributed by atoms with E-state index in [-0.39, 0.29) is 11.9 Å². The molecule has 0 fully saturated rings. The molecule has 0 aliphatic heterocycles. The highest BCUT2D eigenvalue weighted by Gasteiger charge is 2.15. The largest absolute Gasteiger partial charge is 0.338 e. The average molecular weight is 315 g/mol. The fourth-order valence-electron chi connectivity index (χ4n) is 1.40. The van der Waals surface area contributed by atoms with Crippen molar-refractivity contribution < 1.29 is 4.79 Å². The highest BCUT2D eigenvalue weighted by Crippen LogP contribution is 2.25. The maximum atomic E-state index is 11.9. The Bertz CT molecular complexity index is 453. The Morgan fingerprint density at radius 2 is 2.35 bits per heavy atom. The first-order valence-corrected chi connectivity index (χ1v) is 6.48. The molecule has 0 saturated heterocycles. The molecule has 0 aromatic heterocycles. The lowest BCUT2D eigenvalue weighted by Crippen LogP contribution is -2.33. The van der Waals surface area contributed by atoms with Gasteiger partial charge in [-0.15, -0.1) is 6.42 Å². The average Bonchev–Trinajstić information content (AvgIpc) is 2.31. The van der Waals surface area contributed by atoms with Gasteiger partial charge in [-0.25, -0.2) is 0 Å². The maximum absolute atomic E-state index is 11.9. The normalized spacial score (nSPS) is 11.6. The lowest BCUT2D eigenvalue weighted by atomic mass is 10.1. The van der Waals surface area contributed by atoms with E-state index in [4.69, 9.17) is 18.0 Å². The van der Waals surface area contributed by atoms with Gasteiger partial charge in [-0.2, -0.15) is 0 Å². The summed E-state index contributed by atoms with van der Waals surface area (Å²) in [6, 6.07) is 4.96. The summed E-state index contributed by atoms with van der Waals surface area (Å²) in [4.78, 5) is 11.9. The van der Waals surface area contributed by atoms with Crippen LogP contribution in [-0.2, 0) is 0 Å². The third-order valence-corrected chi connectivity index (χ3v) is 3.58. The van der Waals surface area contributed by atoms with Crippen LogP contribution in [0.4, 0.5) is 0 Å². The number of halogens is 2. The molecule has 1 N–H and O–H groups in total. The molecule has 0 aliphatic carbocycles.